The molecule has 4 aliphatic rings. The van der Waals surface area contributed by atoms with Crippen molar-refractivity contribution in [1.82, 2.24) is 0 Å². The van der Waals surface area contributed by atoms with Gasteiger partial charge in [0.25, 0.3) is 0 Å². The predicted octanol–water partition coefficient (Wildman–Crippen LogP) is 2.41. The van der Waals surface area contributed by atoms with Crippen LogP contribution in [0.4, 0.5) is 0 Å². The lowest BCUT2D eigenvalue weighted by Gasteiger charge is -2.31. The van der Waals surface area contributed by atoms with E-state index >= 15 is 0 Å². The Bertz CT molecular complexity index is 650. The van der Waals surface area contributed by atoms with E-state index in [4.69, 9.17) is 14.2 Å². The summed E-state index contributed by atoms with van der Waals surface area (Å²) in [5, 5.41) is 0. The molecule has 0 aromatic rings. The van der Waals surface area contributed by atoms with E-state index in [1.807, 2.05) is 0 Å². The predicted molar refractivity (Wildman–Crippen MR) is 85.9 cm³/mol. The molecule has 0 radical (unpaired) electrons. The highest BCUT2D eigenvalue weighted by atomic mass is 16.6. The van der Waals surface area contributed by atoms with Gasteiger partial charge < -0.3 is 14.2 Å². The van der Waals surface area contributed by atoms with E-state index in [0.717, 1.165) is 12.0 Å². The molecule has 0 spiro atoms. The van der Waals surface area contributed by atoms with Gasteiger partial charge in [-0.3, -0.25) is 4.79 Å². The Morgan fingerprint density at radius 1 is 1.38 bits per heavy atom. The van der Waals surface area contributed by atoms with Crippen molar-refractivity contribution >= 4 is 11.9 Å². The minimum Gasteiger partial charge on any atom is -0.461 e. The first-order chi connectivity index (χ1) is 11.2. The molecule has 2 aliphatic heterocycles. The summed E-state index contributed by atoms with van der Waals surface area (Å²) >= 11 is 0. The number of carbonyl (C=O) groups is 2. The van der Waals surface area contributed by atoms with Crippen molar-refractivity contribution in [1.29, 1.82) is 0 Å². The third-order valence-electron chi connectivity index (χ3n) is 6.28. The molecule has 0 aromatic heterocycles. The van der Waals surface area contributed by atoms with E-state index in [1.54, 1.807) is 13.8 Å². The molecule has 0 N–H and O–H groups in total. The van der Waals surface area contributed by atoms with E-state index < -0.39 is 6.10 Å². The molecule has 5 heteroatoms. The van der Waals surface area contributed by atoms with Crippen molar-refractivity contribution in [3.05, 3.63) is 24.3 Å². The van der Waals surface area contributed by atoms with Crippen molar-refractivity contribution in [2.24, 2.45) is 23.7 Å². The Morgan fingerprint density at radius 2 is 2.08 bits per heavy atom. The molecule has 2 heterocycles. The third kappa shape index (κ3) is 2.03. The Morgan fingerprint density at radius 3 is 2.75 bits per heavy atom. The molecule has 4 fully saturated rings. The average molecular weight is 332 g/mol. The second-order valence-electron chi connectivity index (χ2n) is 8.07. The third-order valence-corrected chi connectivity index (χ3v) is 6.28. The summed E-state index contributed by atoms with van der Waals surface area (Å²) in [7, 11) is 0. The largest absolute Gasteiger partial charge is 0.461 e. The summed E-state index contributed by atoms with van der Waals surface area (Å²) in [5.41, 5.74) is 1.21. The first kappa shape index (κ1) is 15.9. The van der Waals surface area contributed by atoms with Gasteiger partial charge in [0.2, 0.25) is 0 Å². The second kappa shape index (κ2) is 4.94. The van der Waals surface area contributed by atoms with E-state index in [9.17, 15) is 9.59 Å². The van der Waals surface area contributed by atoms with E-state index in [2.05, 4.69) is 20.1 Å². The van der Waals surface area contributed by atoms with Crippen molar-refractivity contribution in [3.8, 4) is 0 Å². The zero-order valence-corrected chi connectivity index (χ0v) is 14.4. The second-order valence-corrected chi connectivity index (χ2v) is 8.07. The summed E-state index contributed by atoms with van der Waals surface area (Å²) in [6.07, 6.45) is 0.879. The van der Waals surface area contributed by atoms with Gasteiger partial charge in [0, 0.05) is 17.9 Å². The Hall–Kier alpha value is -1.62. The lowest BCUT2D eigenvalue weighted by molar-refractivity contribution is -0.156. The topological polar surface area (TPSA) is 65.1 Å². The number of hydrogen-bond acceptors (Lipinski definition) is 5. The van der Waals surface area contributed by atoms with Gasteiger partial charge in [-0.15, -0.1) is 0 Å². The maximum absolute atomic E-state index is 12.2. The smallest absolute Gasteiger partial charge is 0.334 e. The molecule has 130 valence electrons. The lowest BCUT2D eigenvalue weighted by Crippen LogP contribution is -2.41. The van der Waals surface area contributed by atoms with E-state index in [0.29, 0.717) is 12.0 Å². The molecular weight excluding hydrogens is 308 g/mol. The minimum absolute atomic E-state index is 0.0611. The van der Waals surface area contributed by atoms with Crippen LogP contribution in [0.25, 0.3) is 0 Å². The van der Waals surface area contributed by atoms with Crippen LogP contribution in [-0.2, 0) is 23.8 Å². The number of epoxide rings is 1. The van der Waals surface area contributed by atoms with Crippen LogP contribution in [-0.4, -0.2) is 35.9 Å². The Labute approximate surface area is 142 Å². The SMILES string of the molecule is C=C1C(=O)O[C@H]2[C@H]1[C@@H](OC(=O)C(C)C)CC(=C)[C@@H]1C[C@H]3O[C@@]3(C)[C@H]21. The van der Waals surface area contributed by atoms with Crippen LogP contribution >= 0.6 is 0 Å². The van der Waals surface area contributed by atoms with Crippen molar-refractivity contribution in [2.75, 3.05) is 0 Å². The number of fused-ring (bicyclic) bond motifs is 5. The maximum atomic E-state index is 12.2. The number of esters is 2. The van der Waals surface area contributed by atoms with Crippen LogP contribution in [0.15, 0.2) is 24.3 Å². The number of hydrogen-bond donors (Lipinski definition) is 0. The molecule has 0 aromatic carbocycles. The fourth-order valence-electron chi connectivity index (χ4n) is 4.88. The standard InChI is InChI=1S/C19H24O5/c1-8(2)17(20)22-12-6-9(3)11-7-13-19(5,24-13)15(11)16-14(12)10(4)18(21)23-16/h8,11-16H,3-4,6-7H2,1-2,5H3/t11-,12-,13+,14+,15-,16-,19+/m0/s1. The van der Waals surface area contributed by atoms with Gasteiger partial charge in [-0.05, 0) is 19.3 Å². The van der Waals surface area contributed by atoms with Crippen LogP contribution in [0.1, 0.15) is 33.6 Å². The fraction of sp³-hybridized carbons (Fsp3) is 0.684. The molecule has 2 saturated carbocycles. The average Bonchev–Trinajstić information content (AvgIpc) is 2.97. The lowest BCUT2D eigenvalue weighted by atomic mass is 9.78. The van der Waals surface area contributed by atoms with Crippen LogP contribution < -0.4 is 0 Å². The van der Waals surface area contributed by atoms with Gasteiger partial charge in [0.15, 0.2) is 0 Å². The number of ether oxygens (including phenoxy) is 3. The van der Waals surface area contributed by atoms with Gasteiger partial charge in [0.05, 0.1) is 23.5 Å². The highest BCUT2D eigenvalue weighted by molar-refractivity contribution is 5.91. The van der Waals surface area contributed by atoms with Crippen LogP contribution in [0, 0.1) is 23.7 Å². The molecule has 5 nitrogen and oxygen atoms in total. The molecule has 7 atom stereocenters. The normalized spacial score (nSPS) is 46.1. The molecule has 4 rings (SSSR count). The summed E-state index contributed by atoms with van der Waals surface area (Å²) in [6.45, 7) is 13.9. The summed E-state index contributed by atoms with van der Waals surface area (Å²) in [4.78, 5) is 24.3. The van der Waals surface area contributed by atoms with Gasteiger partial charge in [-0.2, -0.15) is 0 Å². The van der Waals surface area contributed by atoms with Gasteiger partial charge >= 0.3 is 11.9 Å². The quantitative estimate of drug-likeness (QED) is 0.336. The molecule has 2 aliphatic carbocycles. The number of carbonyl (C=O) groups excluding carboxylic acids is 2. The summed E-state index contributed by atoms with van der Waals surface area (Å²) < 4.78 is 17.3. The van der Waals surface area contributed by atoms with Crippen LogP contribution in [0.2, 0.25) is 0 Å². The van der Waals surface area contributed by atoms with Crippen LogP contribution in [0.3, 0.4) is 0 Å². The van der Waals surface area contributed by atoms with Gasteiger partial charge in [0.1, 0.15) is 12.2 Å². The fourth-order valence-corrected chi connectivity index (χ4v) is 4.88. The van der Waals surface area contributed by atoms with E-state index in [-0.39, 0.29) is 53.4 Å². The highest BCUT2D eigenvalue weighted by Gasteiger charge is 2.71. The van der Waals surface area contributed by atoms with E-state index in [1.165, 1.54) is 0 Å². The molecule has 0 bridgehead atoms. The molecule has 2 saturated heterocycles. The Balaban J connectivity index is 1.71. The Kier molecular flexibility index (Phi) is 3.27. The van der Waals surface area contributed by atoms with Crippen molar-refractivity contribution in [2.45, 2.75) is 57.5 Å². The molecule has 0 amide bonds. The highest BCUT2D eigenvalue weighted by Crippen LogP contribution is 2.63. The zero-order chi connectivity index (χ0) is 17.4. The zero-order valence-electron chi connectivity index (χ0n) is 14.4. The first-order valence-corrected chi connectivity index (χ1v) is 8.69. The molecule has 0 unspecified atom stereocenters. The maximum Gasteiger partial charge on any atom is 0.334 e. The first-order valence-electron chi connectivity index (χ1n) is 8.69. The summed E-state index contributed by atoms with van der Waals surface area (Å²) in [6, 6.07) is 0. The number of rotatable bonds is 2. The summed E-state index contributed by atoms with van der Waals surface area (Å²) in [5.74, 6) is -0.883. The van der Waals surface area contributed by atoms with Crippen molar-refractivity contribution in [3.63, 3.8) is 0 Å². The molecular formula is C19H24O5. The van der Waals surface area contributed by atoms with Gasteiger partial charge in [-0.25, -0.2) is 4.79 Å². The monoisotopic (exact) mass is 332 g/mol. The van der Waals surface area contributed by atoms with Gasteiger partial charge in [-0.1, -0.05) is 32.6 Å². The van der Waals surface area contributed by atoms with Crippen LogP contribution in [0.5, 0.6) is 0 Å². The molecule has 24 heavy (non-hydrogen) atoms. The van der Waals surface area contributed by atoms with Crippen molar-refractivity contribution < 1.29 is 23.8 Å². The minimum atomic E-state index is -0.442.